The first kappa shape index (κ1) is 19.0. The van der Waals surface area contributed by atoms with Crippen molar-refractivity contribution in [2.45, 2.75) is 43.6 Å². The molecule has 0 aromatic heterocycles. The van der Waals surface area contributed by atoms with Gasteiger partial charge in [-0.15, -0.1) is 0 Å². The Hall–Kier alpha value is -1.79. The van der Waals surface area contributed by atoms with Crippen molar-refractivity contribution in [2.75, 3.05) is 19.6 Å². The first-order valence-corrected chi connectivity index (χ1v) is 9.20. The average Bonchev–Trinajstić information content (AvgIpc) is 3.02. The number of carbonyl (C=O) groups is 1. The maximum atomic E-state index is 13.8. The third-order valence-corrected chi connectivity index (χ3v) is 5.63. The molecule has 3 rings (SSSR count). The number of benzene rings is 1. The lowest BCUT2D eigenvalue weighted by Gasteiger charge is -2.39. The van der Waals surface area contributed by atoms with Gasteiger partial charge in [0, 0.05) is 38.4 Å². The number of hydrogen-bond donors (Lipinski definition) is 2. The first-order chi connectivity index (χ1) is 12.4. The maximum absolute atomic E-state index is 13.8. The molecule has 1 aromatic carbocycles. The Morgan fingerprint density at radius 1 is 1.31 bits per heavy atom. The smallest absolute Gasteiger partial charge is 0.259 e. The molecule has 2 atom stereocenters. The zero-order chi connectivity index (χ0) is 18.8. The van der Waals surface area contributed by atoms with Crippen molar-refractivity contribution in [1.29, 1.82) is 0 Å². The van der Waals surface area contributed by atoms with Crippen LogP contribution in [0.2, 0.25) is 0 Å². The number of likely N-dealkylation sites (tertiary alicyclic amines) is 1. The van der Waals surface area contributed by atoms with Gasteiger partial charge in [0.05, 0.1) is 0 Å². The summed E-state index contributed by atoms with van der Waals surface area (Å²) in [6.45, 7) is 1.42. The van der Waals surface area contributed by atoms with Crippen LogP contribution in [0.1, 0.15) is 37.7 Å². The number of alkyl halides is 2. The molecule has 142 valence electrons. The monoisotopic (exact) mass is 364 g/mol. The lowest BCUT2D eigenvalue weighted by molar-refractivity contribution is -0.161. The van der Waals surface area contributed by atoms with E-state index < -0.39 is 29.8 Å². The second-order valence-corrected chi connectivity index (χ2v) is 7.32. The van der Waals surface area contributed by atoms with E-state index in [1.165, 1.54) is 5.57 Å². The number of nitrogens with zero attached hydrogens (tertiary/aromatic N) is 1. The SMILES string of the molecule is NCC=C1CCN(C(=O)[C@](O)(c2ccccc2)[C@@H]2CCC(F)(F)C2)CC1. The normalized spacial score (nSPS) is 25.0. The molecule has 0 radical (unpaired) electrons. The standard InChI is InChI=1S/C20H26F2N2O2/c21-19(22)10-6-17(14-19)20(26,16-4-2-1-3-5-16)18(25)24-12-8-15(7-11-23)9-13-24/h1-5,7,17,26H,6,8-14,23H2/t17-,20+/m1/s1. The molecule has 26 heavy (non-hydrogen) atoms. The molecule has 1 aromatic rings. The molecule has 0 unspecified atom stereocenters. The average molecular weight is 364 g/mol. The summed E-state index contributed by atoms with van der Waals surface area (Å²) in [7, 11) is 0. The molecule has 1 aliphatic heterocycles. The summed E-state index contributed by atoms with van der Waals surface area (Å²) in [4.78, 5) is 14.9. The van der Waals surface area contributed by atoms with Gasteiger partial charge in [-0.25, -0.2) is 8.78 Å². The highest BCUT2D eigenvalue weighted by atomic mass is 19.3. The lowest BCUT2D eigenvalue weighted by Crippen LogP contribution is -2.52. The van der Waals surface area contributed by atoms with E-state index in [0.717, 1.165) is 0 Å². The summed E-state index contributed by atoms with van der Waals surface area (Å²) in [5.41, 5.74) is 5.23. The van der Waals surface area contributed by atoms with Gasteiger partial charge < -0.3 is 15.7 Å². The number of rotatable bonds is 4. The van der Waals surface area contributed by atoms with Gasteiger partial charge in [0.15, 0.2) is 5.60 Å². The molecule has 1 saturated carbocycles. The van der Waals surface area contributed by atoms with E-state index in [9.17, 15) is 18.7 Å². The summed E-state index contributed by atoms with van der Waals surface area (Å²) in [5, 5.41) is 11.4. The van der Waals surface area contributed by atoms with Gasteiger partial charge in [-0.2, -0.15) is 0 Å². The molecule has 0 bridgehead atoms. The molecule has 2 fully saturated rings. The highest BCUT2D eigenvalue weighted by molar-refractivity contribution is 5.87. The predicted molar refractivity (Wildman–Crippen MR) is 95.6 cm³/mol. The van der Waals surface area contributed by atoms with Gasteiger partial charge in [0.2, 0.25) is 5.92 Å². The summed E-state index contributed by atoms with van der Waals surface area (Å²) in [6, 6.07) is 8.52. The molecule has 1 saturated heterocycles. The van der Waals surface area contributed by atoms with Gasteiger partial charge in [-0.3, -0.25) is 4.79 Å². The summed E-state index contributed by atoms with van der Waals surface area (Å²) >= 11 is 0. The second-order valence-electron chi connectivity index (χ2n) is 7.32. The van der Waals surface area contributed by atoms with Crippen LogP contribution < -0.4 is 5.73 Å². The van der Waals surface area contributed by atoms with Gasteiger partial charge in [-0.05, 0) is 24.8 Å². The van der Waals surface area contributed by atoms with Crippen LogP contribution in [-0.2, 0) is 10.4 Å². The van der Waals surface area contributed by atoms with Crippen molar-refractivity contribution in [1.82, 2.24) is 4.90 Å². The van der Waals surface area contributed by atoms with E-state index in [0.29, 0.717) is 38.0 Å². The van der Waals surface area contributed by atoms with E-state index in [4.69, 9.17) is 5.73 Å². The van der Waals surface area contributed by atoms with E-state index in [-0.39, 0.29) is 12.8 Å². The zero-order valence-corrected chi connectivity index (χ0v) is 14.8. The Morgan fingerprint density at radius 3 is 2.50 bits per heavy atom. The van der Waals surface area contributed by atoms with Crippen molar-refractivity contribution >= 4 is 5.91 Å². The molecule has 1 amide bonds. The Balaban J connectivity index is 1.87. The fourth-order valence-corrected chi connectivity index (χ4v) is 4.14. The van der Waals surface area contributed by atoms with Gasteiger partial charge >= 0.3 is 0 Å². The highest BCUT2D eigenvalue weighted by Crippen LogP contribution is 2.48. The molecule has 6 heteroatoms. The van der Waals surface area contributed by atoms with Crippen molar-refractivity contribution in [2.24, 2.45) is 11.7 Å². The van der Waals surface area contributed by atoms with Crippen molar-refractivity contribution in [3.05, 3.63) is 47.5 Å². The fraction of sp³-hybridized carbons (Fsp3) is 0.550. The van der Waals surface area contributed by atoms with Crippen molar-refractivity contribution in [3.8, 4) is 0 Å². The number of halogens is 2. The fourth-order valence-electron chi connectivity index (χ4n) is 4.14. The lowest BCUT2D eigenvalue weighted by atomic mass is 9.78. The van der Waals surface area contributed by atoms with Crippen LogP contribution in [0.3, 0.4) is 0 Å². The van der Waals surface area contributed by atoms with Crippen molar-refractivity contribution < 1.29 is 18.7 Å². The Kier molecular flexibility index (Phi) is 5.44. The number of amides is 1. The van der Waals surface area contributed by atoms with Crippen LogP contribution in [0, 0.1) is 5.92 Å². The molecule has 4 nitrogen and oxygen atoms in total. The summed E-state index contributed by atoms with van der Waals surface area (Å²) in [6.07, 6.45) is 2.75. The van der Waals surface area contributed by atoms with Crippen LogP contribution in [0.25, 0.3) is 0 Å². The Bertz CT molecular complexity index is 668. The molecule has 2 aliphatic rings. The molecular weight excluding hydrogens is 338 g/mol. The van der Waals surface area contributed by atoms with E-state index in [2.05, 4.69) is 0 Å². The van der Waals surface area contributed by atoms with Crippen LogP contribution in [-0.4, -0.2) is 41.5 Å². The van der Waals surface area contributed by atoms with Crippen LogP contribution in [0.15, 0.2) is 42.0 Å². The molecular formula is C20H26F2N2O2. The molecule has 0 spiro atoms. The highest BCUT2D eigenvalue weighted by Gasteiger charge is 2.54. The third kappa shape index (κ3) is 3.67. The van der Waals surface area contributed by atoms with Gasteiger partial charge in [0.25, 0.3) is 5.91 Å². The quantitative estimate of drug-likeness (QED) is 0.808. The van der Waals surface area contributed by atoms with E-state index >= 15 is 0 Å². The van der Waals surface area contributed by atoms with Gasteiger partial charge in [0.1, 0.15) is 0 Å². The minimum atomic E-state index is -2.83. The topological polar surface area (TPSA) is 66.6 Å². The van der Waals surface area contributed by atoms with Gasteiger partial charge in [-0.1, -0.05) is 42.0 Å². The van der Waals surface area contributed by atoms with E-state index in [1.54, 1.807) is 35.2 Å². The third-order valence-electron chi connectivity index (χ3n) is 5.63. The number of piperidine rings is 1. The van der Waals surface area contributed by atoms with Crippen molar-refractivity contribution in [3.63, 3.8) is 0 Å². The number of aliphatic hydroxyl groups is 1. The summed E-state index contributed by atoms with van der Waals surface area (Å²) < 4.78 is 27.7. The molecule has 1 aliphatic carbocycles. The molecule has 3 N–H and O–H groups in total. The minimum Gasteiger partial charge on any atom is -0.375 e. The Morgan fingerprint density at radius 2 is 1.96 bits per heavy atom. The predicted octanol–water partition coefficient (Wildman–Crippen LogP) is 2.82. The maximum Gasteiger partial charge on any atom is 0.259 e. The summed E-state index contributed by atoms with van der Waals surface area (Å²) in [5.74, 6) is -4.07. The Labute approximate surface area is 152 Å². The van der Waals surface area contributed by atoms with Crippen LogP contribution in [0.5, 0.6) is 0 Å². The second kappa shape index (κ2) is 7.45. The minimum absolute atomic E-state index is 0.135. The van der Waals surface area contributed by atoms with E-state index in [1.807, 2.05) is 6.08 Å². The zero-order valence-electron chi connectivity index (χ0n) is 14.8. The first-order valence-electron chi connectivity index (χ1n) is 9.20. The van der Waals surface area contributed by atoms with Crippen LogP contribution in [0.4, 0.5) is 8.78 Å². The number of nitrogens with two attached hydrogens (primary N) is 1. The molecule has 1 heterocycles. The van der Waals surface area contributed by atoms with Crippen LogP contribution >= 0.6 is 0 Å². The number of carbonyl (C=O) groups excluding carboxylic acids is 1. The largest absolute Gasteiger partial charge is 0.375 e. The number of hydrogen-bond acceptors (Lipinski definition) is 3.